The Labute approximate surface area is 113 Å². The van der Waals surface area contributed by atoms with Crippen LogP contribution in [-0.2, 0) is 0 Å². The van der Waals surface area contributed by atoms with Crippen LogP contribution in [0, 0.1) is 0 Å². The Morgan fingerprint density at radius 3 is 2.50 bits per heavy atom. The number of benzene rings is 2. The summed E-state index contributed by atoms with van der Waals surface area (Å²) in [6.07, 6.45) is 1.35. The Kier molecular flexibility index (Phi) is 2.89. The first kappa shape index (κ1) is 12.3. The zero-order valence-electron chi connectivity index (χ0n) is 10.2. The molecule has 5 nitrogen and oxygen atoms in total. The topological polar surface area (TPSA) is 79.9 Å². The molecule has 1 heterocycles. The summed E-state index contributed by atoms with van der Waals surface area (Å²) in [5, 5.41) is 18.3. The van der Waals surface area contributed by atoms with Gasteiger partial charge in [-0.3, -0.25) is 4.79 Å². The Bertz CT molecular complexity index is 818. The van der Waals surface area contributed by atoms with E-state index >= 15 is 0 Å². The minimum Gasteiger partial charge on any atom is -0.508 e. The van der Waals surface area contributed by atoms with E-state index in [1.807, 2.05) is 0 Å². The van der Waals surface area contributed by atoms with Gasteiger partial charge in [-0.2, -0.15) is 0 Å². The molecule has 0 fully saturated rings. The van der Waals surface area contributed by atoms with E-state index < -0.39 is 0 Å². The van der Waals surface area contributed by atoms with Crippen LogP contribution in [0.2, 0.25) is 0 Å². The third-order valence-corrected chi connectivity index (χ3v) is 3.03. The molecule has 0 atom stereocenters. The molecule has 0 saturated heterocycles. The second-order valence-corrected chi connectivity index (χ2v) is 4.27. The highest BCUT2D eigenvalue weighted by molar-refractivity contribution is 5.82. The highest BCUT2D eigenvalue weighted by Gasteiger charge is 2.09. The molecule has 20 heavy (non-hydrogen) atoms. The van der Waals surface area contributed by atoms with Gasteiger partial charge in [0.2, 0.25) is 0 Å². The molecule has 0 unspecified atom stereocenters. The zero-order chi connectivity index (χ0) is 14.1. The van der Waals surface area contributed by atoms with Crippen molar-refractivity contribution < 1.29 is 19.7 Å². The van der Waals surface area contributed by atoms with Crippen molar-refractivity contribution >= 4 is 11.0 Å². The SMILES string of the molecule is O=c1c(-c2ccc(OO)cc2)coc2cc(O)ccc12. The molecule has 5 heteroatoms. The maximum atomic E-state index is 12.4. The number of phenolic OH excluding ortho intramolecular Hbond substituents is 1. The number of hydrogen-bond donors (Lipinski definition) is 2. The first-order valence-corrected chi connectivity index (χ1v) is 5.85. The van der Waals surface area contributed by atoms with E-state index in [-0.39, 0.29) is 16.9 Å². The average Bonchev–Trinajstić information content (AvgIpc) is 2.48. The molecule has 0 aliphatic rings. The van der Waals surface area contributed by atoms with Gasteiger partial charge in [0.05, 0.1) is 10.9 Å². The van der Waals surface area contributed by atoms with Gasteiger partial charge in [-0.15, -0.1) is 0 Å². The molecule has 0 amide bonds. The van der Waals surface area contributed by atoms with E-state index in [1.54, 1.807) is 12.1 Å². The molecule has 100 valence electrons. The van der Waals surface area contributed by atoms with E-state index in [0.29, 0.717) is 22.1 Å². The number of phenols is 1. The fourth-order valence-corrected chi connectivity index (χ4v) is 2.01. The lowest BCUT2D eigenvalue weighted by atomic mass is 10.1. The second-order valence-electron chi connectivity index (χ2n) is 4.27. The second kappa shape index (κ2) is 4.71. The van der Waals surface area contributed by atoms with Crippen molar-refractivity contribution in [3.05, 3.63) is 59.0 Å². The molecular formula is C15H10O5. The molecule has 0 spiro atoms. The minimum absolute atomic E-state index is 0.0397. The van der Waals surface area contributed by atoms with Crippen molar-refractivity contribution in [2.24, 2.45) is 0 Å². The molecule has 0 bridgehead atoms. The van der Waals surface area contributed by atoms with E-state index in [2.05, 4.69) is 4.89 Å². The molecule has 2 aromatic carbocycles. The van der Waals surface area contributed by atoms with Crippen LogP contribution in [0.5, 0.6) is 11.5 Å². The first-order chi connectivity index (χ1) is 9.69. The lowest BCUT2D eigenvalue weighted by molar-refractivity contribution is -0.137. The van der Waals surface area contributed by atoms with E-state index in [0.717, 1.165) is 0 Å². The number of hydrogen-bond acceptors (Lipinski definition) is 5. The summed E-state index contributed by atoms with van der Waals surface area (Å²) in [5.74, 6) is 0.321. The summed E-state index contributed by atoms with van der Waals surface area (Å²) in [7, 11) is 0. The highest BCUT2D eigenvalue weighted by atomic mass is 17.1. The van der Waals surface area contributed by atoms with Gasteiger partial charge in [0.25, 0.3) is 0 Å². The van der Waals surface area contributed by atoms with Gasteiger partial charge in [0, 0.05) is 6.07 Å². The third-order valence-electron chi connectivity index (χ3n) is 3.03. The number of rotatable bonds is 2. The monoisotopic (exact) mass is 270 g/mol. The van der Waals surface area contributed by atoms with Gasteiger partial charge in [0.15, 0.2) is 11.2 Å². The van der Waals surface area contributed by atoms with Crippen molar-refractivity contribution in [1.29, 1.82) is 0 Å². The van der Waals surface area contributed by atoms with E-state index in [1.165, 1.54) is 36.6 Å². The molecule has 3 rings (SSSR count). The van der Waals surface area contributed by atoms with Crippen LogP contribution in [0.1, 0.15) is 0 Å². The fourth-order valence-electron chi connectivity index (χ4n) is 2.01. The van der Waals surface area contributed by atoms with Crippen LogP contribution in [0.4, 0.5) is 0 Å². The predicted octanol–water partition coefficient (Wildman–Crippen LogP) is 3.02. The van der Waals surface area contributed by atoms with Gasteiger partial charge in [0.1, 0.15) is 17.6 Å². The Morgan fingerprint density at radius 1 is 1.05 bits per heavy atom. The van der Waals surface area contributed by atoms with Crippen molar-refractivity contribution in [3.8, 4) is 22.6 Å². The fraction of sp³-hybridized carbons (Fsp3) is 0. The average molecular weight is 270 g/mol. The molecule has 3 aromatic rings. The van der Waals surface area contributed by atoms with Crippen molar-refractivity contribution in [2.75, 3.05) is 0 Å². The van der Waals surface area contributed by atoms with E-state index in [4.69, 9.17) is 9.67 Å². The van der Waals surface area contributed by atoms with Crippen LogP contribution in [0.3, 0.4) is 0 Å². The largest absolute Gasteiger partial charge is 0.508 e. The molecule has 0 aliphatic carbocycles. The van der Waals surface area contributed by atoms with Crippen LogP contribution in [0.15, 0.2) is 57.9 Å². The lowest BCUT2D eigenvalue weighted by Gasteiger charge is -2.03. The smallest absolute Gasteiger partial charge is 0.200 e. The normalized spacial score (nSPS) is 10.7. The van der Waals surface area contributed by atoms with Crippen LogP contribution in [-0.4, -0.2) is 10.4 Å². The van der Waals surface area contributed by atoms with Crippen LogP contribution >= 0.6 is 0 Å². The van der Waals surface area contributed by atoms with Crippen molar-refractivity contribution in [2.45, 2.75) is 0 Å². The molecule has 0 radical (unpaired) electrons. The Morgan fingerprint density at radius 2 is 1.80 bits per heavy atom. The van der Waals surface area contributed by atoms with Gasteiger partial charge >= 0.3 is 0 Å². The summed E-state index contributed by atoms with van der Waals surface area (Å²) in [5.41, 5.74) is 1.18. The van der Waals surface area contributed by atoms with Gasteiger partial charge < -0.3 is 14.4 Å². The minimum atomic E-state index is -0.191. The molecule has 0 saturated carbocycles. The summed E-state index contributed by atoms with van der Waals surface area (Å²) in [6, 6.07) is 10.7. The quantitative estimate of drug-likeness (QED) is 0.552. The van der Waals surface area contributed by atoms with Gasteiger partial charge in [-0.05, 0) is 29.8 Å². The maximum absolute atomic E-state index is 12.4. The van der Waals surface area contributed by atoms with Gasteiger partial charge in [-0.1, -0.05) is 12.1 Å². The molecular weight excluding hydrogens is 260 g/mol. The summed E-state index contributed by atoms with van der Waals surface area (Å²) < 4.78 is 5.37. The van der Waals surface area contributed by atoms with Crippen LogP contribution < -0.4 is 10.3 Å². The third kappa shape index (κ3) is 2.00. The first-order valence-electron chi connectivity index (χ1n) is 5.85. The van der Waals surface area contributed by atoms with Crippen molar-refractivity contribution in [1.82, 2.24) is 0 Å². The van der Waals surface area contributed by atoms with E-state index in [9.17, 15) is 9.90 Å². The predicted molar refractivity (Wildman–Crippen MR) is 72.8 cm³/mol. The maximum Gasteiger partial charge on any atom is 0.200 e. The molecule has 2 N–H and O–H groups in total. The number of fused-ring (bicyclic) bond motifs is 1. The Hall–Kier alpha value is -2.79. The van der Waals surface area contributed by atoms with Crippen molar-refractivity contribution in [3.63, 3.8) is 0 Å². The Balaban J connectivity index is 2.18. The standard InChI is InChI=1S/C15H10O5/c16-10-3-6-12-14(7-10)19-8-13(15(12)17)9-1-4-11(20-18)5-2-9/h1-8,16,18H. The number of aromatic hydroxyl groups is 1. The molecule has 0 aliphatic heterocycles. The summed E-state index contributed by atoms with van der Waals surface area (Å²) >= 11 is 0. The van der Waals surface area contributed by atoms with Crippen LogP contribution in [0.25, 0.3) is 22.1 Å². The lowest BCUT2D eigenvalue weighted by Crippen LogP contribution is -2.04. The van der Waals surface area contributed by atoms with Gasteiger partial charge in [-0.25, -0.2) is 5.26 Å². The zero-order valence-corrected chi connectivity index (χ0v) is 10.2. The highest BCUT2D eigenvalue weighted by Crippen LogP contribution is 2.23. The summed E-state index contributed by atoms with van der Waals surface area (Å²) in [6.45, 7) is 0. The molecule has 1 aromatic heterocycles. The summed E-state index contributed by atoms with van der Waals surface area (Å²) in [4.78, 5) is 16.5.